The number of ether oxygens (including phenoxy) is 1. The molecule has 1 N–H and O–H groups in total. The lowest BCUT2D eigenvalue weighted by Crippen LogP contribution is -2.53. The lowest BCUT2D eigenvalue weighted by Gasteiger charge is -2.58. The molecule has 3 fully saturated rings. The standard InChI is InChI=1S/C27H37NO2/c1-18(29)28-25-12-11-23-22-10-9-19-17-21(30-20-7-5-4-6-8-20)13-15-26(19,2)24(22)14-16-27(23,25)3/h4-9,21-25H,10-17H2,1-3H3,(H,28,29)/t21-,22?,23-,24-,25?,26-,27-/m0/s1. The van der Waals surface area contributed by atoms with Crippen molar-refractivity contribution in [2.24, 2.45) is 28.6 Å². The van der Waals surface area contributed by atoms with Crippen LogP contribution in [0.2, 0.25) is 0 Å². The lowest BCUT2D eigenvalue weighted by atomic mass is 9.48. The molecule has 7 atom stereocenters. The summed E-state index contributed by atoms with van der Waals surface area (Å²) >= 11 is 0. The van der Waals surface area contributed by atoms with E-state index in [1.807, 2.05) is 6.07 Å². The summed E-state index contributed by atoms with van der Waals surface area (Å²) in [4.78, 5) is 11.8. The summed E-state index contributed by atoms with van der Waals surface area (Å²) in [5.74, 6) is 3.47. The number of carbonyl (C=O) groups excluding carboxylic acids is 1. The fourth-order valence-electron chi connectivity index (χ4n) is 7.90. The number of amides is 1. The molecule has 1 aromatic carbocycles. The molecular weight excluding hydrogens is 370 g/mol. The summed E-state index contributed by atoms with van der Waals surface area (Å²) in [6.45, 7) is 6.69. The maximum atomic E-state index is 11.8. The van der Waals surface area contributed by atoms with Gasteiger partial charge in [0.15, 0.2) is 0 Å². The zero-order valence-electron chi connectivity index (χ0n) is 18.8. The highest BCUT2D eigenvalue weighted by Gasteiger charge is 2.58. The second-order valence-electron chi connectivity index (χ2n) is 10.9. The third-order valence-corrected chi connectivity index (χ3v) is 9.48. The van der Waals surface area contributed by atoms with E-state index in [1.54, 1.807) is 12.5 Å². The molecule has 0 saturated heterocycles. The summed E-state index contributed by atoms with van der Waals surface area (Å²) in [5.41, 5.74) is 2.28. The van der Waals surface area contributed by atoms with Crippen molar-refractivity contribution in [2.75, 3.05) is 0 Å². The summed E-state index contributed by atoms with van der Waals surface area (Å²) in [6, 6.07) is 10.7. The smallest absolute Gasteiger partial charge is 0.217 e. The molecule has 0 spiro atoms. The molecule has 1 amide bonds. The van der Waals surface area contributed by atoms with E-state index < -0.39 is 0 Å². The van der Waals surface area contributed by atoms with E-state index in [2.05, 4.69) is 49.5 Å². The Bertz CT molecular complexity index is 833. The first-order valence-electron chi connectivity index (χ1n) is 12.1. The Morgan fingerprint density at radius 2 is 1.83 bits per heavy atom. The average molecular weight is 408 g/mol. The first kappa shape index (κ1) is 20.2. The van der Waals surface area contributed by atoms with Gasteiger partial charge in [0.25, 0.3) is 0 Å². The van der Waals surface area contributed by atoms with Crippen molar-refractivity contribution in [3.8, 4) is 5.75 Å². The van der Waals surface area contributed by atoms with Crippen LogP contribution in [0.25, 0.3) is 0 Å². The van der Waals surface area contributed by atoms with Crippen LogP contribution < -0.4 is 10.1 Å². The number of nitrogens with one attached hydrogen (secondary N) is 1. The molecule has 5 rings (SSSR count). The van der Waals surface area contributed by atoms with Crippen molar-refractivity contribution in [3.05, 3.63) is 42.0 Å². The number of carbonyl (C=O) groups is 1. The minimum Gasteiger partial charge on any atom is -0.490 e. The van der Waals surface area contributed by atoms with E-state index in [9.17, 15) is 4.79 Å². The predicted molar refractivity (Wildman–Crippen MR) is 120 cm³/mol. The second kappa shape index (κ2) is 7.43. The summed E-state index contributed by atoms with van der Waals surface area (Å²) in [7, 11) is 0. The van der Waals surface area contributed by atoms with Gasteiger partial charge in [-0.2, -0.15) is 0 Å². The lowest BCUT2D eigenvalue weighted by molar-refractivity contribution is -0.121. The minimum atomic E-state index is 0.138. The first-order valence-corrected chi connectivity index (χ1v) is 12.1. The van der Waals surface area contributed by atoms with Crippen molar-refractivity contribution >= 4 is 5.91 Å². The molecule has 0 radical (unpaired) electrons. The maximum Gasteiger partial charge on any atom is 0.217 e. The van der Waals surface area contributed by atoms with Gasteiger partial charge in [-0.05, 0) is 85.7 Å². The Hall–Kier alpha value is -1.77. The Morgan fingerprint density at radius 3 is 2.60 bits per heavy atom. The Labute approximate surface area is 181 Å². The van der Waals surface area contributed by atoms with Crippen LogP contribution in [0.15, 0.2) is 42.0 Å². The van der Waals surface area contributed by atoms with E-state index in [0.29, 0.717) is 17.6 Å². The molecule has 4 aliphatic carbocycles. The molecule has 0 aromatic heterocycles. The summed E-state index contributed by atoms with van der Waals surface area (Å²) in [5, 5.41) is 3.30. The number of para-hydroxylation sites is 1. The van der Waals surface area contributed by atoms with Gasteiger partial charge in [-0.15, -0.1) is 0 Å². The van der Waals surface area contributed by atoms with E-state index >= 15 is 0 Å². The number of hydrogen-bond acceptors (Lipinski definition) is 2. The van der Waals surface area contributed by atoms with Crippen LogP contribution in [0, 0.1) is 28.6 Å². The summed E-state index contributed by atoms with van der Waals surface area (Å²) in [6.07, 6.45) is 12.6. The zero-order chi connectivity index (χ0) is 20.9. The molecule has 30 heavy (non-hydrogen) atoms. The van der Waals surface area contributed by atoms with Crippen LogP contribution in [0.3, 0.4) is 0 Å². The Morgan fingerprint density at radius 1 is 1.03 bits per heavy atom. The van der Waals surface area contributed by atoms with Gasteiger partial charge in [0, 0.05) is 19.4 Å². The number of fused-ring (bicyclic) bond motifs is 5. The maximum absolute atomic E-state index is 11.8. The van der Waals surface area contributed by atoms with E-state index in [1.165, 1.54) is 32.1 Å². The van der Waals surface area contributed by atoms with Crippen LogP contribution >= 0.6 is 0 Å². The molecule has 3 nitrogen and oxygen atoms in total. The first-order chi connectivity index (χ1) is 14.4. The molecule has 0 aliphatic heterocycles. The molecule has 0 bridgehead atoms. The largest absolute Gasteiger partial charge is 0.490 e. The van der Waals surface area contributed by atoms with Crippen molar-refractivity contribution in [1.29, 1.82) is 0 Å². The number of allylic oxidation sites excluding steroid dienone is 1. The Balaban J connectivity index is 1.34. The van der Waals surface area contributed by atoms with E-state index in [-0.39, 0.29) is 11.3 Å². The van der Waals surface area contributed by atoms with Gasteiger partial charge < -0.3 is 10.1 Å². The second-order valence-corrected chi connectivity index (χ2v) is 10.9. The molecule has 162 valence electrons. The van der Waals surface area contributed by atoms with Crippen molar-refractivity contribution < 1.29 is 9.53 Å². The van der Waals surface area contributed by atoms with Gasteiger partial charge in [-0.1, -0.05) is 43.7 Å². The number of rotatable bonds is 3. The SMILES string of the molecule is CC(=O)NC1CC[C@H]2C3CC=C4C[C@@H](Oc5ccccc5)CC[C@]4(C)[C@H]3CC[C@]12C. The molecule has 3 heteroatoms. The fourth-order valence-corrected chi connectivity index (χ4v) is 7.90. The third-order valence-electron chi connectivity index (χ3n) is 9.48. The monoisotopic (exact) mass is 407 g/mol. The predicted octanol–water partition coefficient (Wildman–Crippen LogP) is 5.90. The molecule has 2 unspecified atom stereocenters. The van der Waals surface area contributed by atoms with Crippen molar-refractivity contribution in [3.63, 3.8) is 0 Å². The normalized spacial score (nSPS) is 42.4. The van der Waals surface area contributed by atoms with Gasteiger partial charge in [-0.25, -0.2) is 0 Å². The number of hydrogen-bond donors (Lipinski definition) is 1. The van der Waals surface area contributed by atoms with Gasteiger partial charge in [0.05, 0.1) is 0 Å². The van der Waals surface area contributed by atoms with Crippen LogP contribution in [0.4, 0.5) is 0 Å². The van der Waals surface area contributed by atoms with Crippen LogP contribution in [0.1, 0.15) is 72.1 Å². The van der Waals surface area contributed by atoms with Gasteiger partial charge >= 0.3 is 0 Å². The van der Waals surface area contributed by atoms with Gasteiger partial charge in [-0.3, -0.25) is 4.79 Å². The van der Waals surface area contributed by atoms with Crippen LogP contribution in [-0.4, -0.2) is 18.1 Å². The zero-order valence-corrected chi connectivity index (χ0v) is 18.8. The van der Waals surface area contributed by atoms with E-state index in [4.69, 9.17) is 4.74 Å². The summed E-state index contributed by atoms with van der Waals surface area (Å²) < 4.78 is 6.34. The number of benzene rings is 1. The highest BCUT2D eigenvalue weighted by molar-refractivity contribution is 5.73. The molecular formula is C27H37NO2. The van der Waals surface area contributed by atoms with Crippen LogP contribution in [0.5, 0.6) is 5.75 Å². The van der Waals surface area contributed by atoms with Crippen molar-refractivity contribution in [2.45, 2.75) is 84.3 Å². The fraction of sp³-hybridized carbons (Fsp3) is 0.667. The van der Waals surface area contributed by atoms with Crippen molar-refractivity contribution in [1.82, 2.24) is 5.32 Å². The van der Waals surface area contributed by atoms with E-state index in [0.717, 1.165) is 42.8 Å². The topological polar surface area (TPSA) is 38.3 Å². The Kier molecular flexibility index (Phi) is 4.99. The molecule has 1 aromatic rings. The van der Waals surface area contributed by atoms with Crippen LogP contribution in [-0.2, 0) is 4.79 Å². The van der Waals surface area contributed by atoms with Gasteiger partial charge in [0.2, 0.25) is 5.91 Å². The third kappa shape index (κ3) is 3.20. The molecule has 3 saturated carbocycles. The highest BCUT2D eigenvalue weighted by Crippen LogP contribution is 2.64. The quantitative estimate of drug-likeness (QED) is 0.633. The molecule has 4 aliphatic rings. The molecule has 0 heterocycles. The minimum absolute atomic E-state index is 0.138. The van der Waals surface area contributed by atoms with Gasteiger partial charge in [0.1, 0.15) is 11.9 Å². The average Bonchev–Trinajstić information content (AvgIpc) is 3.05. The highest BCUT2D eigenvalue weighted by atomic mass is 16.5.